The van der Waals surface area contributed by atoms with Crippen LogP contribution in [-0.2, 0) is 12.0 Å². The predicted octanol–water partition coefficient (Wildman–Crippen LogP) is 2.19. The normalized spacial score (nSPS) is 15.1. The zero-order valence-electron chi connectivity index (χ0n) is 15.8. The molecule has 1 saturated heterocycles. The Hall–Kier alpha value is -2.96. The lowest BCUT2D eigenvalue weighted by Crippen LogP contribution is -2.52. The van der Waals surface area contributed by atoms with Gasteiger partial charge in [0.15, 0.2) is 0 Å². The van der Waals surface area contributed by atoms with E-state index in [0.29, 0.717) is 25.2 Å². The number of aromatic nitrogens is 4. The van der Waals surface area contributed by atoms with Gasteiger partial charge >= 0.3 is 0 Å². The van der Waals surface area contributed by atoms with Crippen LogP contribution in [0.5, 0.6) is 0 Å². The standard InChI is InChI=1S/C20H23N5O2/c1-20(2,3)17-6-7-18(26)25(23-17)11-13-9-24(10-13)19(27)14-4-5-15-16(8-14)22-12-21-15/h4-8,12-13H,9-11H2,1-3H3,(H,21,22). The van der Waals surface area contributed by atoms with Crippen LogP contribution >= 0.6 is 0 Å². The highest BCUT2D eigenvalue weighted by molar-refractivity contribution is 5.97. The Morgan fingerprint density at radius 2 is 2.00 bits per heavy atom. The summed E-state index contributed by atoms with van der Waals surface area (Å²) in [6.45, 7) is 8.02. The summed E-state index contributed by atoms with van der Waals surface area (Å²) in [7, 11) is 0. The first kappa shape index (κ1) is 17.5. The Balaban J connectivity index is 1.42. The van der Waals surface area contributed by atoms with Crippen molar-refractivity contribution < 1.29 is 4.79 Å². The number of fused-ring (bicyclic) bond motifs is 1. The van der Waals surface area contributed by atoms with Crippen LogP contribution < -0.4 is 5.56 Å². The Morgan fingerprint density at radius 3 is 2.74 bits per heavy atom. The Kier molecular flexibility index (Phi) is 4.09. The van der Waals surface area contributed by atoms with Crippen LogP contribution in [0.4, 0.5) is 0 Å². The minimum atomic E-state index is -0.109. The van der Waals surface area contributed by atoms with Crippen molar-refractivity contribution in [1.29, 1.82) is 0 Å². The van der Waals surface area contributed by atoms with E-state index in [9.17, 15) is 9.59 Å². The van der Waals surface area contributed by atoms with Crippen LogP contribution in [0, 0.1) is 5.92 Å². The van der Waals surface area contributed by atoms with Crippen LogP contribution in [-0.4, -0.2) is 43.6 Å². The highest BCUT2D eigenvalue weighted by Crippen LogP contribution is 2.22. The first-order valence-corrected chi connectivity index (χ1v) is 9.12. The number of hydrogen-bond donors (Lipinski definition) is 1. The molecule has 0 bridgehead atoms. The Morgan fingerprint density at radius 1 is 1.22 bits per heavy atom. The van der Waals surface area contributed by atoms with Gasteiger partial charge in [0.2, 0.25) is 0 Å². The van der Waals surface area contributed by atoms with Crippen LogP contribution in [0.15, 0.2) is 41.5 Å². The molecule has 1 aromatic carbocycles. The van der Waals surface area contributed by atoms with Gasteiger partial charge in [0.05, 0.1) is 29.6 Å². The number of amides is 1. The van der Waals surface area contributed by atoms with Crippen molar-refractivity contribution in [3.63, 3.8) is 0 Å². The fourth-order valence-corrected chi connectivity index (χ4v) is 3.33. The molecule has 0 unspecified atom stereocenters. The monoisotopic (exact) mass is 365 g/mol. The van der Waals surface area contributed by atoms with Gasteiger partial charge < -0.3 is 9.88 Å². The summed E-state index contributed by atoms with van der Waals surface area (Å²) in [6, 6.07) is 8.85. The van der Waals surface area contributed by atoms with Crippen molar-refractivity contribution in [2.45, 2.75) is 32.7 Å². The molecule has 0 radical (unpaired) electrons. The summed E-state index contributed by atoms with van der Waals surface area (Å²) >= 11 is 0. The van der Waals surface area contributed by atoms with Gasteiger partial charge in [-0.25, -0.2) is 9.67 Å². The number of benzene rings is 1. The second-order valence-electron chi connectivity index (χ2n) is 8.20. The number of carbonyl (C=O) groups excluding carboxylic acids is 1. The molecule has 1 N–H and O–H groups in total. The molecule has 0 spiro atoms. The SMILES string of the molecule is CC(C)(C)c1ccc(=O)n(CC2CN(C(=O)c3ccc4nc[nH]c4c3)C2)n1. The Labute approximate surface area is 157 Å². The fraction of sp³-hybridized carbons (Fsp3) is 0.400. The molecule has 4 rings (SSSR count). The maximum Gasteiger partial charge on any atom is 0.266 e. The van der Waals surface area contributed by atoms with E-state index in [1.807, 2.05) is 12.1 Å². The molecular formula is C20H23N5O2. The molecule has 3 aromatic rings. The molecule has 1 aliphatic rings. The molecule has 1 amide bonds. The largest absolute Gasteiger partial charge is 0.345 e. The number of hydrogen-bond acceptors (Lipinski definition) is 4. The van der Waals surface area contributed by atoms with Crippen LogP contribution in [0.2, 0.25) is 0 Å². The number of nitrogens with one attached hydrogen (secondary N) is 1. The van der Waals surface area contributed by atoms with E-state index in [1.165, 1.54) is 4.68 Å². The summed E-state index contributed by atoms with van der Waals surface area (Å²) in [5.74, 6) is 0.247. The van der Waals surface area contributed by atoms with Crippen molar-refractivity contribution in [3.05, 3.63) is 58.3 Å². The molecule has 7 heteroatoms. The van der Waals surface area contributed by atoms with E-state index < -0.39 is 0 Å². The number of likely N-dealkylation sites (tertiary alicyclic amines) is 1. The Bertz CT molecular complexity index is 1050. The highest BCUT2D eigenvalue weighted by atomic mass is 16.2. The molecule has 7 nitrogen and oxygen atoms in total. The van der Waals surface area contributed by atoms with Crippen molar-refractivity contribution >= 4 is 16.9 Å². The summed E-state index contributed by atoms with van der Waals surface area (Å²) in [5.41, 5.74) is 3.03. The highest BCUT2D eigenvalue weighted by Gasteiger charge is 2.32. The number of imidazole rings is 1. The van der Waals surface area contributed by atoms with Gasteiger partial charge in [0, 0.05) is 36.1 Å². The van der Waals surface area contributed by atoms with Crippen LogP contribution in [0.25, 0.3) is 11.0 Å². The number of nitrogens with zero attached hydrogens (tertiary/aromatic N) is 4. The molecule has 0 atom stereocenters. The number of aromatic amines is 1. The quantitative estimate of drug-likeness (QED) is 0.771. The van der Waals surface area contributed by atoms with Crippen molar-refractivity contribution in [2.75, 3.05) is 13.1 Å². The van der Waals surface area contributed by atoms with Crippen LogP contribution in [0.1, 0.15) is 36.8 Å². The van der Waals surface area contributed by atoms with E-state index in [2.05, 4.69) is 35.8 Å². The van der Waals surface area contributed by atoms with E-state index >= 15 is 0 Å². The van der Waals surface area contributed by atoms with Crippen molar-refractivity contribution in [1.82, 2.24) is 24.6 Å². The van der Waals surface area contributed by atoms with Gasteiger partial charge in [-0.15, -0.1) is 0 Å². The molecule has 1 aliphatic heterocycles. The predicted molar refractivity (Wildman–Crippen MR) is 103 cm³/mol. The van der Waals surface area contributed by atoms with Gasteiger partial charge in [-0.2, -0.15) is 5.10 Å². The minimum Gasteiger partial charge on any atom is -0.345 e. The van der Waals surface area contributed by atoms with Gasteiger partial charge in [-0.1, -0.05) is 20.8 Å². The average Bonchev–Trinajstić information content (AvgIpc) is 3.05. The van der Waals surface area contributed by atoms with Crippen molar-refractivity contribution in [2.24, 2.45) is 5.92 Å². The first-order chi connectivity index (χ1) is 12.8. The summed E-state index contributed by atoms with van der Waals surface area (Å²) in [4.78, 5) is 33.8. The molecule has 27 heavy (non-hydrogen) atoms. The van der Waals surface area contributed by atoms with Crippen molar-refractivity contribution in [3.8, 4) is 0 Å². The first-order valence-electron chi connectivity index (χ1n) is 9.12. The lowest BCUT2D eigenvalue weighted by molar-refractivity contribution is 0.0458. The lowest BCUT2D eigenvalue weighted by atomic mass is 9.92. The summed E-state index contributed by atoms with van der Waals surface area (Å²) < 4.78 is 1.53. The van der Waals surface area contributed by atoms with Gasteiger partial charge in [0.1, 0.15) is 0 Å². The van der Waals surface area contributed by atoms with E-state index in [4.69, 9.17) is 0 Å². The fourth-order valence-electron chi connectivity index (χ4n) is 3.33. The molecule has 0 aliphatic carbocycles. The zero-order chi connectivity index (χ0) is 19.2. The van der Waals surface area contributed by atoms with Gasteiger partial charge in [-0.05, 0) is 24.3 Å². The topological polar surface area (TPSA) is 83.9 Å². The maximum atomic E-state index is 12.7. The molecule has 140 valence electrons. The third-order valence-electron chi connectivity index (χ3n) is 4.98. The van der Waals surface area contributed by atoms with Crippen LogP contribution in [0.3, 0.4) is 0 Å². The number of carbonyl (C=O) groups is 1. The van der Waals surface area contributed by atoms with Gasteiger partial charge in [-0.3, -0.25) is 9.59 Å². The zero-order valence-corrected chi connectivity index (χ0v) is 15.8. The molecule has 1 fully saturated rings. The molecule has 2 aromatic heterocycles. The number of H-pyrrole nitrogens is 1. The van der Waals surface area contributed by atoms with Gasteiger partial charge in [0.25, 0.3) is 11.5 Å². The summed E-state index contributed by atoms with van der Waals surface area (Å²) in [6.07, 6.45) is 1.62. The lowest BCUT2D eigenvalue weighted by Gasteiger charge is -2.39. The minimum absolute atomic E-state index is 0.00602. The number of rotatable bonds is 3. The second kappa shape index (κ2) is 6.33. The third kappa shape index (κ3) is 3.37. The second-order valence-corrected chi connectivity index (χ2v) is 8.20. The molecular weight excluding hydrogens is 342 g/mol. The molecule has 3 heterocycles. The van der Waals surface area contributed by atoms with E-state index in [1.54, 1.807) is 29.4 Å². The average molecular weight is 365 g/mol. The summed E-state index contributed by atoms with van der Waals surface area (Å²) in [5, 5.41) is 4.51. The van der Waals surface area contributed by atoms with E-state index in [-0.39, 0.29) is 22.8 Å². The van der Waals surface area contributed by atoms with E-state index in [0.717, 1.165) is 16.7 Å². The smallest absolute Gasteiger partial charge is 0.266 e. The third-order valence-corrected chi connectivity index (χ3v) is 4.98. The maximum absolute atomic E-state index is 12.7. The molecule has 0 saturated carbocycles.